The summed E-state index contributed by atoms with van der Waals surface area (Å²) >= 11 is 0. The zero-order chi connectivity index (χ0) is 4.12. The molecule has 0 spiro atoms. The summed E-state index contributed by atoms with van der Waals surface area (Å²) in [4.78, 5) is 0. The fourth-order valence-electron chi connectivity index (χ4n) is 0. The van der Waals surface area contributed by atoms with E-state index in [2.05, 4.69) is 0 Å². The highest BCUT2D eigenvalue weighted by molar-refractivity contribution is 5.08. The summed E-state index contributed by atoms with van der Waals surface area (Å²) in [5, 5.41) is 7.52. The van der Waals surface area contributed by atoms with E-state index in [1.54, 1.807) is 6.40 Å². The van der Waals surface area contributed by atoms with Crippen molar-refractivity contribution in [2.45, 2.75) is 0 Å². The van der Waals surface area contributed by atoms with E-state index in [9.17, 15) is 0 Å². The van der Waals surface area contributed by atoms with Gasteiger partial charge in [0.05, 0.1) is 0 Å². The Labute approximate surface area is 26.3 Å². The Morgan fingerprint density at radius 3 is 3.00 bits per heavy atom. The number of nitriles is 1. The first-order chi connectivity index (χ1) is 2.41. The van der Waals surface area contributed by atoms with Crippen LogP contribution in [0.1, 0.15) is 1.37 Å². The van der Waals surface area contributed by atoms with Crippen LogP contribution in [0.25, 0.3) is 0 Å². The van der Waals surface area contributed by atoms with E-state index in [4.69, 9.17) is 6.63 Å². The standard InChI is InChI=1S/C3HN/c1-2-3-4/h1H/i1D. The van der Waals surface area contributed by atoms with Crippen LogP contribution in [-0.4, -0.2) is 0 Å². The number of rotatable bonds is 0. The third-order valence-corrected chi connectivity index (χ3v) is 0.0559. The average Bonchev–Trinajstić information content (AvgIpc) is 1.41. The van der Waals surface area contributed by atoms with E-state index in [0.29, 0.717) is 0 Å². The van der Waals surface area contributed by atoms with Crippen LogP contribution in [-0.2, 0) is 0 Å². The molecule has 4 heavy (non-hydrogen) atoms. The lowest BCUT2D eigenvalue weighted by Gasteiger charge is -1.23. The molecule has 0 radical (unpaired) electrons. The Balaban J connectivity index is 3.30. The Hall–Kier alpha value is -0.950. The third-order valence-electron chi connectivity index (χ3n) is 0.0559. The van der Waals surface area contributed by atoms with E-state index >= 15 is 0 Å². The number of hydrogen-bond donors (Lipinski definition) is 0. The smallest absolute Gasteiger partial charge is 0.152 e. The van der Waals surface area contributed by atoms with Crippen molar-refractivity contribution in [3.05, 3.63) is 0 Å². The molecule has 0 aliphatic rings. The van der Waals surface area contributed by atoms with Gasteiger partial charge in [-0.2, -0.15) is 5.26 Å². The molecule has 1 nitrogen and oxygen atoms in total. The van der Waals surface area contributed by atoms with Gasteiger partial charge in [-0.25, -0.2) is 0 Å². The van der Waals surface area contributed by atoms with Gasteiger partial charge in [0.25, 0.3) is 0 Å². The molecule has 0 N–H and O–H groups in total. The van der Waals surface area contributed by atoms with Crippen LogP contribution in [0.15, 0.2) is 0 Å². The van der Waals surface area contributed by atoms with Crippen molar-refractivity contribution < 1.29 is 1.37 Å². The normalized spacial score (nSPS) is 4.25. The van der Waals surface area contributed by atoms with Gasteiger partial charge in [0.2, 0.25) is 0 Å². The average molecular weight is 52.1 g/mol. The number of terminal acetylenes is 1. The SMILES string of the molecule is [2H]C#CC#N. The first kappa shape index (κ1) is 1.38. The first-order valence-electron chi connectivity index (χ1n) is 1.22. The quantitative estimate of drug-likeness (QED) is 0.360. The molecule has 0 heterocycles. The van der Waals surface area contributed by atoms with Crippen LogP contribution in [0.4, 0.5) is 0 Å². The van der Waals surface area contributed by atoms with Crippen LogP contribution in [0.3, 0.4) is 0 Å². The Morgan fingerprint density at radius 1 is 2.25 bits per heavy atom. The van der Waals surface area contributed by atoms with E-state index in [1.165, 1.54) is 6.07 Å². The Morgan fingerprint density at radius 2 is 3.00 bits per heavy atom. The van der Waals surface area contributed by atoms with Crippen LogP contribution in [0.2, 0.25) is 0 Å². The maximum Gasteiger partial charge on any atom is 0.152 e. The summed E-state index contributed by atoms with van der Waals surface area (Å²) in [6, 6.07) is 1.47. The zero-order valence-corrected chi connectivity index (χ0v) is 1.95. The monoisotopic (exact) mass is 52.0 g/mol. The second kappa shape index (κ2) is 2.05. The number of hydrogen-bond acceptors (Lipinski definition) is 1. The van der Waals surface area contributed by atoms with Gasteiger partial charge in [-0.1, -0.05) is 0 Å². The van der Waals surface area contributed by atoms with Crippen LogP contribution in [0.5, 0.6) is 0 Å². The Bertz CT molecular complexity index is 100. The first-order valence-corrected chi connectivity index (χ1v) is 0.724. The fraction of sp³-hybridized carbons (Fsp3) is 0. The summed E-state index contributed by atoms with van der Waals surface area (Å²) in [7, 11) is 0. The van der Waals surface area contributed by atoms with Crippen molar-refractivity contribution in [3.63, 3.8) is 0 Å². The van der Waals surface area contributed by atoms with Gasteiger partial charge >= 0.3 is 0 Å². The van der Waals surface area contributed by atoms with Crippen molar-refractivity contribution >= 4 is 0 Å². The molecule has 0 aromatic heterocycles. The van der Waals surface area contributed by atoms with Crippen LogP contribution >= 0.6 is 0 Å². The van der Waals surface area contributed by atoms with Crippen molar-refractivity contribution in [2.24, 2.45) is 0 Å². The van der Waals surface area contributed by atoms with Gasteiger partial charge in [-0.3, -0.25) is 0 Å². The highest BCUT2D eigenvalue weighted by atomic mass is 14.2. The molecular weight excluding hydrogens is 50.0 g/mol. The van der Waals surface area contributed by atoms with E-state index in [-0.39, 0.29) is 0 Å². The lowest BCUT2D eigenvalue weighted by atomic mass is 10.8. The third kappa shape index (κ3) is 1.05. The van der Waals surface area contributed by atoms with Gasteiger partial charge in [0, 0.05) is 5.92 Å². The summed E-state index contributed by atoms with van der Waals surface area (Å²) in [5.74, 6) is 1.83. The second-order valence-corrected chi connectivity index (χ2v) is 0.237. The highest BCUT2D eigenvalue weighted by Gasteiger charge is 1.31. The van der Waals surface area contributed by atoms with Crippen molar-refractivity contribution in [1.82, 2.24) is 0 Å². The molecule has 0 atom stereocenters. The van der Waals surface area contributed by atoms with E-state index in [1.807, 2.05) is 5.92 Å². The largest absolute Gasteiger partial charge is 0.183 e. The molecular formula is C3HN. The minimum atomic E-state index is 1.47. The van der Waals surface area contributed by atoms with Crippen molar-refractivity contribution in [1.29, 1.82) is 5.26 Å². The van der Waals surface area contributed by atoms with E-state index < -0.39 is 0 Å². The van der Waals surface area contributed by atoms with Crippen LogP contribution < -0.4 is 0 Å². The zero-order valence-electron chi connectivity index (χ0n) is 2.95. The van der Waals surface area contributed by atoms with Gasteiger partial charge < -0.3 is 0 Å². The Kier molecular flexibility index (Phi) is 0.706. The number of nitrogens with zero attached hydrogens (tertiary/aromatic N) is 1. The molecule has 0 fully saturated rings. The predicted octanol–water partition coefficient (Wildman–Crippen LogP) is 0.143. The molecule has 0 amide bonds. The topological polar surface area (TPSA) is 23.8 Å². The summed E-state index contributed by atoms with van der Waals surface area (Å²) in [6.07, 6.45) is 1.66. The van der Waals surface area contributed by atoms with Gasteiger partial charge in [-0.15, -0.1) is 6.40 Å². The summed E-state index contributed by atoms with van der Waals surface area (Å²) in [5.41, 5.74) is 0. The molecule has 0 rings (SSSR count). The van der Waals surface area contributed by atoms with Gasteiger partial charge in [0.1, 0.15) is 1.37 Å². The lowest BCUT2D eigenvalue weighted by Crippen LogP contribution is -1.26. The van der Waals surface area contributed by atoms with E-state index in [0.717, 1.165) is 0 Å². The summed E-state index contributed by atoms with van der Waals surface area (Å²) in [6.45, 7) is 0. The molecule has 0 aliphatic heterocycles. The molecule has 0 aliphatic carbocycles. The molecule has 18 valence electrons. The van der Waals surface area contributed by atoms with Gasteiger partial charge in [0.15, 0.2) is 6.07 Å². The highest BCUT2D eigenvalue weighted by Crippen LogP contribution is 1.27. The minimum Gasteiger partial charge on any atom is -0.183 e. The maximum atomic E-state index is 7.52. The molecule has 1 heteroatoms. The van der Waals surface area contributed by atoms with Gasteiger partial charge in [-0.05, 0) is 0 Å². The fourth-order valence-corrected chi connectivity index (χ4v) is 0. The predicted molar refractivity (Wildman–Crippen MR) is 14.4 cm³/mol. The minimum absolute atomic E-state index is 1.47. The lowest BCUT2D eigenvalue weighted by molar-refractivity contribution is 1.55. The molecule has 0 aromatic carbocycles. The maximum absolute atomic E-state index is 7.52. The van der Waals surface area contributed by atoms with Crippen molar-refractivity contribution in [3.8, 4) is 18.4 Å². The molecule has 0 bridgehead atoms. The van der Waals surface area contributed by atoms with Crippen LogP contribution in [0, 0.1) is 23.7 Å². The molecule has 0 saturated carbocycles. The second-order valence-electron chi connectivity index (χ2n) is 0.237. The molecule has 0 saturated heterocycles. The van der Waals surface area contributed by atoms with Crippen molar-refractivity contribution in [2.75, 3.05) is 0 Å². The molecule has 0 unspecified atom stereocenters. The summed E-state index contributed by atoms with van der Waals surface area (Å²) < 4.78 is 6.02. The molecule has 0 aromatic rings.